The maximum absolute atomic E-state index is 13.9. The zero-order chi connectivity index (χ0) is 15.2. The van der Waals surface area contributed by atoms with Gasteiger partial charge in [0.05, 0.1) is 11.8 Å². The highest BCUT2D eigenvalue weighted by atomic mass is 19.1. The van der Waals surface area contributed by atoms with E-state index in [1.165, 1.54) is 6.07 Å². The van der Waals surface area contributed by atoms with Gasteiger partial charge >= 0.3 is 0 Å². The summed E-state index contributed by atoms with van der Waals surface area (Å²) >= 11 is 0. The van der Waals surface area contributed by atoms with E-state index < -0.39 is 0 Å². The molecule has 0 aliphatic heterocycles. The van der Waals surface area contributed by atoms with E-state index in [0.717, 1.165) is 16.5 Å². The van der Waals surface area contributed by atoms with Gasteiger partial charge in [-0.05, 0) is 12.1 Å². The minimum absolute atomic E-state index is 0.282. The average Bonchev–Trinajstić information content (AvgIpc) is 3.15. The van der Waals surface area contributed by atoms with Crippen molar-refractivity contribution in [2.24, 2.45) is 0 Å². The largest absolute Gasteiger partial charge is 0.351 e. The molecule has 2 aromatic heterocycles. The van der Waals surface area contributed by atoms with E-state index in [1.54, 1.807) is 18.7 Å². The van der Waals surface area contributed by atoms with Crippen LogP contribution >= 0.6 is 0 Å². The standard InChI is InChI=1S/C15H10FN.C3H4N2/c16-13-10-12-8-4-5-9-14(12)17-15(13)11-6-2-1-3-7-11;1-2-5-3-4-1/h1-10H;1-3H,(H,4,5). The van der Waals surface area contributed by atoms with E-state index in [2.05, 4.69) is 15.0 Å². The maximum Gasteiger partial charge on any atom is 0.150 e. The Morgan fingerprint density at radius 2 is 1.68 bits per heavy atom. The number of imidazole rings is 1. The lowest BCUT2D eigenvalue weighted by Gasteiger charge is -2.04. The highest BCUT2D eigenvalue weighted by Gasteiger charge is 2.07. The second-order valence-corrected chi connectivity index (χ2v) is 4.64. The zero-order valence-electron chi connectivity index (χ0n) is 11.8. The molecule has 0 fully saturated rings. The molecular weight excluding hydrogens is 277 g/mol. The summed E-state index contributed by atoms with van der Waals surface area (Å²) in [6.45, 7) is 0. The summed E-state index contributed by atoms with van der Waals surface area (Å²) in [6, 6.07) is 18.5. The Morgan fingerprint density at radius 3 is 2.36 bits per heavy atom. The predicted molar refractivity (Wildman–Crippen MR) is 85.7 cm³/mol. The zero-order valence-corrected chi connectivity index (χ0v) is 11.8. The summed E-state index contributed by atoms with van der Waals surface area (Å²) in [5, 5.41) is 0.824. The molecule has 1 N–H and O–H groups in total. The minimum Gasteiger partial charge on any atom is -0.351 e. The van der Waals surface area contributed by atoms with Gasteiger partial charge in [0.25, 0.3) is 0 Å². The number of fused-ring (bicyclic) bond motifs is 1. The van der Waals surface area contributed by atoms with Crippen molar-refractivity contribution >= 4 is 10.9 Å². The molecule has 0 aliphatic carbocycles. The molecule has 4 aromatic rings. The molecule has 22 heavy (non-hydrogen) atoms. The highest BCUT2D eigenvalue weighted by molar-refractivity contribution is 5.81. The van der Waals surface area contributed by atoms with Crippen molar-refractivity contribution < 1.29 is 4.39 Å². The van der Waals surface area contributed by atoms with Gasteiger partial charge < -0.3 is 4.98 Å². The van der Waals surface area contributed by atoms with Gasteiger partial charge in [-0.15, -0.1) is 0 Å². The number of nitrogens with zero attached hydrogens (tertiary/aromatic N) is 2. The summed E-state index contributed by atoms with van der Waals surface area (Å²) < 4.78 is 13.9. The number of halogens is 1. The van der Waals surface area contributed by atoms with Gasteiger partial charge in [-0.3, -0.25) is 0 Å². The van der Waals surface area contributed by atoms with Crippen LogP contribution in [0.3, 0.4) is 0 Å². The molecule has 4 heteroatoms. The van der Waals surface area contributed by atoms with E-state index in [9.17, 15) is 4.39 Å². The second-order valence-electron chi connectivity index (χ2n) is 4.64. The van der Waals surface area contributed by atoms with E-state index in [0.29, 0.717) is 5.69 Å². The van der Waals surface area contributed by atoms with Crippen LogP contribution in [0, 0.1) is 5.82 Å². The first-order chi connectivity index (χ1) is 10.8. The molecule has 2 aromatic carbocycles. The van der Waals surface area contributed by atoms with Crippen LogP contribution in [0.1, 0.15) is 0 Å². The number of H-pyrrole nitrogens is 1. The molecule has 0 amide bonds. The first-order valence-corrected chi connectivity index (χ1v) is 6.88. The lowest BCUT2D eigenvalue weighted by molar-refractivity contribution is 0.628. The van der Waals surface area contributed by atoms with Gasteiger partial charge in [-0.1, -0.05) is 48.5 Å². The number of hydrogen-bond acceptors (Lipinski definition) is 2. The number of benzene rings is 2. The van der Waals surface area contributed by atoms with Gasteiger partial charge in [0.15, 0.2) is 0 Å². The van der Waals surface area contributed by atoms with Gasteiger partial charge in [-0.2, -0.15) is 0 Å². The second kappa shape index (κ2) is 6.63. The van der Waals surface area contributed by atoms with Crippen molar-refractivity contribution in [2.75, 3.05) is 0 Å². The van der Waals surface area contributed by atoms with E-state index in [-0.39, 0.29) is 5.82 Å². The molecule has 108 valence electrons. The molecule has 0 bridgehead atoms. The smallest absolute Gasteiger partial charge is 0.150 e. The molecule has 3 nitrogen and oxygen atoms in total. The van der Waals surface area contributed by atoms with Crippen LogP contribution in [0.25, 0.3) is 22.2 Å². The summed E-state index contributed by atoms with van der Waals surface area (Å²) in [4.78, 5) is 10.8. The Morgan fingerprint density at radius 1 is 0.909 bits per heavy atom. The SMILES string of the molecule is Fc1cc2ccccc2nc1-c1ccccc1.c1c[nH]cn1. The monoisotopic (exact) mass is 291 g/mol. The number of rotatable bonds is 1. The van der Waals surface area contributed by atoms with Crippen LogP contribution in [0.5, 0.6) is 0 Å². The third-order valence-electron chi connectivity index (χ3n) is 3.13. The van der Waals surface area contributed by atoms with E-state index >= 15 is 0 Å². The third-order valence-corrected chi connectivity index (χ3v) is 3.13. The van der Waals surface area contributed by atoms with Crippen molar-refractivity contribution in [3.63, 3.8) is 0 Å². The Balaban J connectivity index is 0.000000246. The Bertz CT molecular complexity index is 826. The third kappa shape index (κ3) is 3.17. The summed E-state index contributed by atoms with van der Waals surface area (Å²) in [6.07, 6.45) is 5.08. The predicted octanol–water partition coefficient (Wildman–Crippen LogP) is 4.45. The number of hydrogen-bond donors (Lipinski definition) is 1. The van der Waals surface area contributed by atoms with Crippen molar-refractivity contribution in [3.8, 4) is 11.3 Å². The van der Waals surface area contributed by atoms with Crippen molar-refractivity contribution in [2.45, 2.75) is 0 Å². The van der Waals surface area contributed by atoms with E-state index in [1.807, 2.05) is 54.6 Å². The molecule has 0 spiro atoms. The Hall–Kier alpha value is -3.01. The summed E-state index contributed by atoms with van der Waals surface area (Å²) in [5.41, 5.74) is 2.02. The summed E-state index contributed by atoms with van der Waals surface area (Å²) in [5.74, 6) is -0.282. The molecule has 0 saturated heterocycles. The van der Waals surface area contributed by atoms with Crippen molar-refractivity contribution in [3.05, 3.63) is 85.2 Å². The fourth-order valence-electron chi connectivity index (χ4n) is 2.10. The normalized spacial score (nSPS) is 10.0. The maximum atomic E-state index is 13.9. The van der Waals surface area contributed by atoms with E-state index in [4.69, 9.17) is 0 Å². The first kappa shape index (κ1) is 13.9. The summed E-state index contributed by atoms with van der Waals surface area (Å²) in [7, 11) is 0. The topological polar surface area (TPSA) is 41.6 Å². The molecule has 0 atom stereocenters. The van der Waals surface area contributed by atoms with Crippen LogP contribution in [0.4, 0.5) is 4.39 Å². The molecule has 2 heterocycles. The van der Waals surface area contributed by atoms with Crippen LogP contribution in [0.2, 0.25) is 0 Å². The molecule has 0 aliphatic rings. The minimum atomic E-state index is -0.282. The van der Waals surface area contributed by atoms with Gasteiger partial charge in [0, 0.05) is 23.3 Å². The highest BCUT2D eigenvalue weighted by Crippen LogP contribution is 2.23. The van der Waals surface area contributed by atoms with Crippen LogP contribution < -0.4 is 0 Å². The fourth-order valence-corrected chi connectivity index (χ4v) is 2.10. The lowest BCUT2D eigenvalue weighted by atomic mass is 10.1. The molecular formula is C18H14FN3. The van der Waals surface area contributed by atoms with Crippen LogP contribution in [-0.2, 0) is 0 Å². The number of pyridine rings is 1. The van der Waals surface area contributed by atoms with Crippen LogP contribution in [-0.4, -0.2) is 15.0 Å². The van der Waals surface area contributed by atoms with Crippen molar-refractivity contribution in [1.29, 1.82) is 0 Å². The van der Waals surface area contributed by atoms with Gasteiger partial charge in [0.2, 0.25) is 0 Å². The molecule has 4 rings (SSSR count). The molecule has 0 radical (unpaired) electrons. The number of aromatic amines is 1. The van der Waals surface area contributed by atoms with Gasteiger partial charge in [0.1, 0.15) is 11.5 Å². The molecule has 0 unspecified atom stereocenters. The number of aromatic nitrogens is 3. The Labute approximate surface area is 127 Å². The van der Waals surface area contributed by atoms with Gasteiger partial charge in [-0.25, -0.2) is 14.4 Å². The lowest BCUT2D eigenvalue weighted by Crippen LogP contribution is -1.90. The van der Waals surface area contributed by atoms with Crippen LogP contribution in [0.15, 0.2) is 79.4 Å². The Kier molecular flexibility index (Phi) is 4.20. The number of nitrogens with one attached hydrogen (secondary N) is 1. The first-order valence-electron chi connectivity index (χ1n) is 6.88. The average molecular weight is 291 g/mol. The fraction of sp³-hybridized carbons (Fsp3) is 0. The quantitative estimate of drug-likeness (QED) is 0.563. The van der Waals surface area contributed by atoms with Crippen molar-refractivity contribution in [1.82, 2.24) is 15.0 Å². The number of para-hydroxylation sites is 1. The molecule has 0 saturated carbocycles.